The van der Waals surface area contributed by atoms with E-state index >= 15 is 0 Å². The Hall–Kier alpha value is -3.41. The molecule has 3 aliphatic heterocycles. The number of piperidine rings is 1. The number of carbonyl (C=O) groups excluding carboxylic acids is 1. The molecule has 1 atom stereocenters. The maximum Gasteiger partial charge on any atom is 0.233 e. The standard InChI is InChI=1S/C28H33FN6O4/c1-28(26(37)35-14-10-20(36)15-35)16-38-25(39-17-28)24-32-22(18-5-7-19(29)8-6-18)23(33-24)21-9-11-30-27(31-21)34-12-3-2-4-13-34/h5-9,11,20,25,36H,2-4,10,12-17H2,1H3,(H,32,33). The van der Waals surface area contributed by atoms with Gasteiger partial charge in [-0.25, -0.2) is 19.3 Å². The Morgan fingerprint density at radius 2 is 1.82 bits per heavy atom. The number of β-amino-alcohol motifs (C(OH)–C–C–N with tert-alkyl or cyclic N) is 1. The Bertz CT molecular complexity index is 1320. The summed E-state index contributed by atoms with van der Waals surface area (Å²) < 4.78 is 25.8. The number of H-pyrrole nitrogens is 1. The fourth-order valence-corrected chi connectivity index (χ4v) is 5.44. The van der Waals surface area contributed by atoms with Crippen LogP contribution in [0.25, 0.3) is 22.6 Å². The molecule has 1 aromatic carbocycles. The highest BCUT2D eigenvalue weighted by molar-refractivity contribution is 5.83. The van der Waals surface area contributed by atoms with E-state index in [0.29, 0.717) is 48.4 Å². The van der Waals surface area contributed by atoms with Crippen LogP contribution in [0.4, 0.5) is 10.3 Å². The lowest BCUT2D eigenvalue weighted by molar-refractivity contribution is -0.234. The molecule has 11 heteroatoms. The number of aliphatic hydroxyl groups excluding tert-OH is 1. The average Bonchev–Trinajstić information content (AvgIpc) is 3.61. The Balaban J connectivity index is 1.27. The predicted molar refractivity (Wildman–Crippen MR) is 141 cm³/mol. The number of benzene rings is 1. The Morgan fingerprint density at radius 1 is 1.08 bits per heavy atom. The van der Waals surface area contributed by atoms with Gasteiger partial charge in [0.2, 0.25) is 18.1 Å². The summed E-state index contributed by atoms with van der Waals surface area (Å²) in [7, 11) is 0. The van der Waals surface area contributed by atoms with E-state index in [9.17, 15) is 14.3 Å². The third-order valence-electron chi connectivity index (χ3n) is 7.67. The van der Waals surface area contributed by atoms with Crippen LogP contribution >= 0.6 is 0 Å². The van der Waals surface area contributed by atoms with Gasteiger partial charge < -0.3 is 29.4 Å². The Kier molecular flexibility index (Phi) is 7.05. The quantitative estimate of drug-likeness (QED) is 0.510. The molecule has 39 heavy (non-hydrogen) atoms. The minimum absolute atomic E-state index is 0.0872. The van der Waals surface area contributed by atoms with Crippen molar-refractivity contribution in [2.75, 3.05) is 44.3 Å². The first kappa shape index (κ1) is 25.8. The van der Waals surface area contributed by atoms with Crippen molar-refractivity contribution in [3.8, 4) is 22.6 Å². The van der Waals surface area contributed by atoms with Gasteiger partial charge in [-0.2, -0.15) is 0 Å². The average molecular weight is 537 g/mol. The number of ether oxygens (including phenoxy) is 2. The van der Waals surface area contributed by atoms with E-state index in [1.54, 1.807) is 23.2 Å². The largest absolute Gasteiger partial charge is 0.391 e. The number of amides is 1. The van der Waals surface area contributed by atoms with Crippen molar-refractivity contribution in [1.82, 2.24) is 24.8 Å². The fourth-order valence-electron chi connectivity index (χ4n) is 5.44. The molecule has 6 rings (SSSR count). The van der Waals surface area contributed by atoms with Gasteiger partial charge in [0, 0.05) is 37.9 Å². The molecule has 5 heterocycles. The van der Waals surface area contributed by atoms with E-state index < -0.39 is 17.8 Å². The van der Waals surface area contributed by atoms with Gasteiger partial charge in [-0.1, -0.05) is 0 Å². The van der Waals surface area contributed by atoms with Crippen molar-refractivity contribution in [3.63, 3.8) is 0 Å². The number of carbonyl (C=O) groups is 1. The number of hydrogen-bond acceptors (Lipinski definition) is 8. The first-order chi connectivity index (χ1) is 18.9. The number of nitrogens with one attached hydrogen (secondary N) is 1. The topological polar surface area (TPSA) is 117 Å². The van der Waals surface area contributed by atoms with Crippen molar-refractivity contribution >= 4 is 11.9 Å². The highest BCUT2D eigenvalue weighted by Crippen LogP contribution is 2.37. The third kappa shape index (κ3) is 5.26. The van der Waals surface area contributed by atoms with Gasteiger partial charge in [0.25, 0.3) is 0 Å². The smallest absolute Gasteiger partial charge is 0.233 e. The van der Waals surface area contributed by atoms with Gasteiger partial charge in [0.1, 0.15) is 5.82 Å². The molecule has 0 aliphatic carbocycles. The summed E-state index contributed by atoms with van der Waals surface area (Å²) in [4.78, 5) is 34.4. The number of anilines is 1. The van der Waals surface area contributed by atoms with E-state index in [-0.39, 0.29) is 24.9 Å². The molecule has 206 valence electrons. The number of halogens is 1. The van der Waals surface area contributed by atoms with Gasteiger partial charge in [0.05, 0.1) is 41.8 Å². The summed E-state index contributed by atoms with van der Waals surface area (Å²) in [5.74, 6) is 0.684. The van der Waals surface area contributed by atoms with E-state index in [0.717, 1.165) is 31.5 Å². The molecule has 3 aliphatic rings. The predicted octanol–water partition coefficient (Wildman–Crippen LogP) is 3.31. The van der Waals surface area contributed by atoms with Gasteiger partial charge in [0.15, 0.2) is 5.82 Å². The summed E-state index contributed by atoms with van der Waals surface area (Å²) in [6.45, 7) is 4.81. The van der Waals surface area contributed by atoms with Crippen LogP contribution in [0, 0.1) is 11.2 Å². The number of rotatable bonds is 5. The van der Waals surface area contributed by atoms with Crippen LogP contribution in [-0.2, 0) is 14.3 Å². The second-order valence-electron chi connectivity index (χ2n) is 10.9. The highest BCUT2D eigenvalue weighted by Gasteiger charge is 2.44. The molecule has 1 unspecified atom stereocenters. The van der Waals surface area contributed by atoms with E-state index in [4.69, 9.17) is 19.4 Å². The van der Waals surface area contributed by atoms with Crippen molar-refractivity contribution in [3.05, 3.63) is 48.2 Å². The number of likely N-dealkylation sites (tertiary alicyclic amines) is 1. The lowest BCUT2D eigenvalue weighted by Crippen LogP contribution is -2.49. The summed E-state index contributed by atoms with van der Waals surface area (Å²) in [6, 6.07) is 7.96. The Labute approximate surface area is 226 Å². The monoisotopic (exact) mass is 536 g/mol. The summed E-state index contributed by atoms with van der Waals surface area (Å²) in [5, 5.41) is 9.84. The van der Waals surface area contributed by atoms with Crippen molar-refractivity contribution < 1.29 is 23.8 Å². The van der Waals surface area contributed by atoms with Crippen LogP contribution in [-0.4, -0.2) is 81.3 Å². The minimum atomic E-state index is -0.855. The molecule has 3 fully saturated rings. The Morgan fingerprint density at radius 3 is 2.51 bits per heavy atom. The molecular weight excluding hydrogens is 503 g/mol. The number of aromatic nitrogens is 4. The van der Waals surface area contributed by atoms with Gasteiger partial charge in [-0.15, -0.1) is 0 Å². The van der Waals surface area contributed by atoms with Crippen LogP contribution in [0.1, 0.15) is 44.7 Å². The lowest BCUT2D eigenvalue weighted by atomic mass is 9.90. The molecule has 0 bridgehead atoms. The molecule has 2 aromatic heterocycles. The first-order valence-electron chi connectivity index (χ1n) is 13.5. The normalized spacial score (nSPS) is 25.7. The fraction of sp³-hybridized carbons (Fsp3) is 0.500. The molecule has 1 amide bonds. The van der Waals surface area contributed by atoms with Crippen molar-refractivity contribution in [2.45, 2.75) is 45.0 Å². The van der Waals surface area contributed by atoms with Crippen LogP contribution < -0.4 is 4.90 Å². The van der Waals surface area contributed by atoms with Gasteiger partial charge in [-0.3, -0.25) is 4.79 Å². The van der Waals surface area contributed by atoms with Crippen molar-refractivity contribution in [2.24, 2.45) is 5.41 Å². The molecule has 10 nitrogen and oxygen atoms in total. The lowest BCUT2D eigenvalue weighted by Gasteiger charge is -2.37. The third-order valence-corrected chi connectivity index (χ3v) is 7.67. The molecule has 0 spiro atoms. The second kappa shape index (κ2) is 10.6. The molecule has 0 radical (unpaired) electrons. The van der Waals surface area contributed by atoms with E-state index in [1.807, 2.05) is 13.0 Å². The van der Waals surface area contributed by atoms with Crippen LogP contribution in [0.3, 0.4) is 0 Å². The zero-order chi connectivity index (χ0) is 27.0. The maximum atomic E-state index is 13.7. The van der Waals surface area contributed by atoms with Gasteiger partial charge >= 0.3 is 0 Å². The summed E-state index contributed by atoms with van der Waals surface area (Å²) in [6.07, 6.45) is 4.45. The molecular formula is C28H33FN6O4. The summed E-state index contributed by atoms with van der Waals surface area (Å²) >= 11 is 0. The number of imidazole rings is 1. The highest BCUT2D eigenvalue weighted by atomic mass is 19.1. The van der Waals surface area contributed by atoms with E-state index in [2.05, 4.69) is 14.9 Å². The van der Waals surface area contributed by atoms with Crippen LogP contribution in [0.5, 0.6) is 0 Å². The zero-order valence-corrected chi connectivity index (χ0v) is 22.0. The number of hydrogen-bond donors (Lipinski definition) is 2. The molecule has 3 saturated heterocycles. The number of aliphatic hydroxyl groups is 1. The number of nitrogens with zero attached hydrogens (tertiary/aromatic N) is 5. The SMILES string of the molecule is CC1(C(=O)N2CCC(O)C2)COC(c2nc(-c3ccc(F)cc3)c(-c3ccnc(N4CCCCC4)n3)[nH]2)OC1. The first-order valence-corrected chi connectivity index (χ1v) is 13.5. The summed E-state index contributed by atoms with van der Waals surface area (Å²) in [5.41, 5.74) is 1.77. The molecule has 2 N–H and O–H groups in total. The van der Waals surface area contributed by atoms with Gasteiger partial charge in [-0.05, 0) is 62.9 Å². The molecule has 3 aromatic rings. The zero-order valence-electron chi connectivity index (χ0n) is 22.0. The maximum absolute atomic E-state index is 13.7. The minimum Gasteiger partial charge on any atom is -0.391 e. The second-order valence-corrected chi connectivity index (χ2v) is 10.9. The van der Waals surface area contributed by atoms with Crippen LogP contribution in [0.15, 0.2) is 36.5 Å². The van der Waals surface area contributed by atoms with Crippen LogP contribution in [0.2, 0.25) is 0 Å². The van der Waals surface area contributed by atoms with E-state index in [1.165, 1.54) is 18.6 Å². The number of aromatic amines is 1. The molecule has 0 saturated carbocycles. The van der Waals surface area contributed by atoms with Crippen molar-refractivity contribution in [1.29, 1.82) is 0 Å².